The average Bonchev–Trinajstić information content (AvgIpc) is 3.89. The minimum atomic E-state index is -3.88. The number of amides is 4. The summed E-state index contributed by atoms with van der Waals surface area (Å²) in [6, 6.07) is 4.68. The molecule has 14 heteroatoms. The van der Waals surface area contributed by atoms with Crippen molar-refractivity contribution in [1.29, 1.82) is 0 Å². The molecule has 0 aromatic heterocycles. The lowest BCUT2D eigenvalue weighted by molar-refractivity contribution is -0.143. The molecule has 1 aromatic rings. The van der Waals surface area contributed by atoms with Crippen LogP contribution >= 0.6 is 11.6 Å². The molecule has 5 rings (SSSR count). The van der Waals surface area contributed by atoms with E-state index < -0.39 is 73.6 Å². The molecular weight excluding hydrogens is 648 g/mol. The third-order valence-corrected chi connectivity index (χ3v) is 11.9. The molecule has 4 aliphatic rings. The number of hydrogen-bond acceptors (Lipinski definition) is 8. The van der Waals surface area contributed by atoms with E-state index in [0.29, 0.717) is 23.4 Å². The van der Waals surface area contributed by atoms with Gasteiger partial charge in [-0.1, -0.05) is 50.6 Å². The summed E-state index contributed by atoms with van der Waals surface area (Å²) >= 11 is 6.16. The molecule has 12 nitrogen and oxygen atoms in total. The van der Waals surface area contributed by atoms with E-state index in [2.05, 4.69) is 21.9 Å². The lowest BCUT2D eigenvalue weighted by Gasteiger charge is -2.36. The molecule has 0 radical (unpaired) electrons. The van der Waals surface area contributed by atoms with Crippen molar-refractivity contribution in [2.75, 3.05) is 13.7 Å². The molecule has 1 aliphatic heterocycles. The number of hydrogen-bond donors (Lipinski definition) is 3. The number of halogens is 1. The maximum absolute atomic E-state index is 14.5. The number of sulfonamides is 1. The SMILES string of the molecule is C=C[C@@H]1C[C@]1(NC(=O)[C@@H]1C[C@@](OC)(c2ccc(Cl)cc2)CN1C(=O)[C@@H](NC(=O)OC1CCCC1)C(C)(C)C)C(=O)NS(=O)(=O)C1CC1. The van der Waals surface area contributed by atoms with Crippen LogP contribution in [0, 0.1) is 11.3 Å². The van der Waals surface area contributed by atoms with Crippen LogP contribution in [0.4, 0.5) is 4.79 Å². The van der Waals surface area contributed by atoms with E-state index in [4.69, 9.17) is 21.1 Å². The van der Waals surface area contributed by atoms with E-state index >= 15 is 0 Å². The van der Waals surface area contributed by atoms with Gasteiger partial charge in [0.1, 0.15) is 29.3 Å². The van der Waals surface area contributed by atoms with E-state index in [1.54, 1.807) is 45.0 Å². The van der Waals surface area contributed by atoms with Crippen molar-refractivity contribution in [3.63, 3.8) is 0 Å². The van der Waals surface area contributed by atoms with Gasteiger partial charge >= 0.3 is 6.09 Å². The lowest BCUT2D eigenvalue weighted by Crippen LogP contribution is -2.60. The molecule has 1 saturated heterocycles. The highest BCUT2D eigenvalue weighted by Gasteiger charge is 2.62. The van der Waals surface area contributed by atoms with Crippen LogP contribution in [-0.4, -0.2) is 79.8 Å². The first-order chi connectivity index (χ1) is 22.0. The van der Waals surface area contributed by atoms with Crippen molar-refractivity contribution in [2.45, 2.75) is 107 Å². The molecule has 4 amide bonds. The molecule has 3 saturated carbocycles. The highest BCUT2D eigenvalue weighted by atomic mass is 35.5. The number of alkyl carbamates (subject to hydrolysis) is 1. The fraction of sp³-hybridized carbons (Fsp3) is 0.636. The Bertz CT molecular complexity index is 1520. The smallest absolute Gasteiger partial charge is 0.408 e. The summed E-state index contributed by atoms with van der Waals surface area (Å²) in [5.41, 5.74) is -2.78. The van der Waals surface area contributed by atoms with Gasteiger partial charge in [0.2, 0.25) is 21.8 Å². The van der Waals surface area contributed by atoms with Crippen molar-refractivity contribution in [3.05, 3.63) is 47.5 Å². The van der Waals surface area contributed by atoms with Crippen LogP contribution in [0.1, 0.15) is 77.7 Å². The molecule has 258 valence electrons. The van der Waals surface area contributed by atoms with Gasteiger partial charge in [-0.3, -0.25) is 19.1 Å². The Balaban J connectivity index is 1.45. The molecule has 3 N–H and O–H groups in total. The Hall–Kier alpha value is -3.16. The summed E-state index contributed by atoms with van der Waals surface area (Å²) in [5.74, 6) is -2.53. The second-order valence-corrected chi connectivity index (χ2v) is 16.7. The van der Waals surface area contributed by atoms with E-state index in [9.17, 15) is 27.6 Å². The van der Waals surface area contributed by atoms with Crippen LogP contribution in [0.15, 0.2) is 36.9 Å². The van der Waals surface area contributed by atoms with Crippen molar-refractivity contribution < 1.29 is 37.1 Å². The predicted octanol–water partition coefficient (Wildman–Crippen LogP) is 3.54. The number of benzene rings is 1. The number of nitrogens with zero attached hydrogens (tertiary/aromatic N) is 1. The van der Waals surface area contributed by atoms with E-state index in [1.807, 2.05) is 0 Å². The minimum Gasteiger partial charge on any atom is -0.446 e. The topological polar surface area (TPSA) is 160 Å². The Kier molecular flexibility index (Phi) is 9.75. The Morgan fingerprint density at radius 3 is 2.23 bits per heavy atom. The fourth-order valence-electron chi connectivity index (χ4n) is 6.71. The van der Waals surface area contributed by atoms with Crippen LogP contribution in [0.2, 0.25) is 5.02 Å². The number of carbonyl (C=O) groups is 4. The normalized spacial score (nSPS) is 28.3. The second-order valence-electron chi connectivity index (χ2n) is 14.3. The van der Waals surface area contributed by atoms with Crippen LogP contribution in [0.5, 0.6) is 0 Å². The van der Waals surface area contributed by atoms with Gasteiger partial charge in [-0.15, -0.1) is 6.58 Å². The molecule has 1 aromatic carbocycles. The zero-order chi connectivity index (χ0) is 34.4. The van der Waals surface area contributed by atoms with Crippen LogP contribution in [-0.2, 0) is 39.5 Å². The summed E-state index contributed by atoms with van der Waals surface area (Å²) in [4.78, 5) is 56.5. The van der Waals surface area contributed by atoms with Gasteiger partial charge in [-0.05, 0) is 68.1 Å². The quantitative estimate of drug-likeness (QED) is 0.297. The molecular formula is C33H45ClN4O8S. The standard InChI is InChI=1S/C33H45ClN4O8S/c1-6-20-17-33(20,29(41)37-47(43,44)24-15-16-24)36-27(39)25-18-32(45-5,21-11-13-22(34)14-12-21)19-38(25)28(40)26(31(2,3)4)35-30(42)46-23-9-7-8-10-23/h6,11-14,20,23-26H,1,7-10,15-19H2,2-5H3,(H,35,42)(H,36,39)(H,37,41)/t20-,25+,26-,32+,33-/m1/s1. The molecule has 0 spiro atoms. The third-order valence-electron chi connectivity index (χ3n) is 9.87. The molecule has 4 fully saturated rings. The summed E-state index contributed by atoms with van der Waals surface area (Å²) in [6.07, 6.45) is 5.13. The van der Waals surface area contributed by atoms with Gasteiger partial charge in [0.25, 0.3) is 5.91 Å². The number of nitrogens with one attached hydrogen (secondary N) is 3. The maximum atomic E-state index is 14.5. The van der Waals surface area contributed by atoms with Crippen LogP contribution < -0.4 is 15.4 Å². The molecule has 0 unspecified atom stereocenters. The summed E-state index contributed by atoms with van der Waals surface area (Å²) in [6.45, 7) is 9.12. The molecule has 1 heterocycles. The van der Waals surface area contributed by atoms with Gasteiger partial charge in [0.05, 0.1) is 11.8 Å². The van der Waals surface area contributed by atoms with Gasteiger partial charge in [-0.25, -0.2) is 13.2 Å². The fourth-order valence-corrected chi connectivity index (χ4v) is 8.20. The number of ether oxygens (including phenoxy) is 2. The van der Waals surface area contributed by atoms with Gasteiger partial charge in [-0.2, -0.15) is 0 Å². The molecule has 47 heavy (non-hydrogen) atoms. The predicted molar refractivity (Wildman–Crippen MR) is 175 cm³/mol. The first-order valence-corrected chi connectivity index (χ1v) is 18.1. The molecule has 3 aliphatic carbocycles. The van der Waals surface area contributed by atoms with Gasteiger partial charge in [0.15, 0.2) is 0 Å². The second kappa shape index (κ2) is 13.0. The van der Waals surface area contributed by atoms with Crippen molar-refractivity contribution in [1.82, 2.24) is 20.3 Å². The number of methoxy groups -OCH3 is 1. The molecule has 0 bridgehead atoms. The average molecular weight is 693 g/mol. The Morgan fingerprint density at radius 1 is 1.06 bits per heavy atom. The summed E-state index contributed by atoms with van der Waals surface area (Å²) < 4.78 is 39.1. The van der Waals surface area contributed by atoms with Gasteiger partial charge in [0, 0.05) is 24.5 Å². The van der Waals surface area contributed by atoms with E-state index in [1.165, 1.54) is 18.1 Å². The van der Waals surface area contributed by atoms with Crippen LogP contribution in [0.25, 0.3) is 0 Å². The molecule has 5 atom stereocenters. The minimum absolute atomic E-state index is 0.0168. The largest absolute Gasteiger partial charge is 0.446 e. The van der Waals surface area contributed by atoms with Crippen molar-refractivity contribution in [3.8, 4) is 0 Å². The zero-order valence-electron chi connectivity index (χ0n) is 27.3. The number of rotatable bonds is 11. The zero-order valence-corrected chi connectivity index (χ0v) is 28.9. The summed E-state index contributed by atoms with van der Waals surface area (Å²) in [7, 11) is -2.39. The van der Waals surface area contributed by atoms with E-state index in [0.717, 1.165) is 25.7 Å². The monoisotopic (exact) mass is 692 g/mol. The maximum Gasteiger partial charge on any atom is 0.408 e. The number of likely N-dealkylation sites (tertiary alicyclic amines) is 1. The Labute approximate surface area is 281 Å². The highest BCUT2D eigenvalue weighted by molar-refractivity contribution is 7.91. The number of carbonyl (C=O) groups excluding carboxylic acids is 4. The van der Waals surface area contributed by atoms with Crippen molar-refractivity contribution >= 4 is 45.4 Å². The van der Waals surface area contributed by atoms with Crippen LogP contribution in [0.3, 0.4) is 0 Å². The van der Waals surface area contributed by atoms with Gasteiger partial charge < -0.3 is 25.0 Å². The van der Waals surface area contributed by atoms with E-state index in [-0.39, 0.29) is 25.5 Å². The summed E-state index contributed by atoms with van der Waals surface area (Å²) in [5, 5.41) is 5.42. The first kappa shape index (κ1) is 35.2. The van der Waals surface area contributed by atoms with Crippen molar-refractivity contribution in [2.24, 2.45) is 11.3 Å². The Morgan fingerprint density at radius 2 is 1.70 bits per heavy atom. The highest BCUT2D eigenvalue weighted by Crippen LogP contribution is 2.46. The first-order valence-electron chi connectivity index (χ1n) is 16.1. The lowest BCUT2D eigenvalue weighted by atomic mass is 9.85. The third kappa shape index (κ3) is 7.31.